The normalized spacial score (nSPS) is 12.8. The van der Waals surface area contributed by atoms with Crippen molar-refractivity contribution in [2.45, 2.75) is 0 Å². The molecule has 0 saturated heterocycles. The van der Waals surface area contributed by atoms with Crippen LogP contribution in [0.4, 0.5) is 0 Å². The maximum absolute atomic E-state index is 10.4. The van der Waals surface area contributed by atoms with Gasteiger partial charge in [0, 0.05) is 17.0 Å². The fourth-order valence-corrected chi connectivity index (χ4v) is 15.0. The highest BCUT2D eigenvalue weighted by Gasteiger charge is 2.45. The lowest BCUT2D eigenvalue weighted by atomic mass is 10.1. The summed E-state index contributed by atoms with van der Waals surface area (Å²) in [6.45, 7) is 0. The molecule has 0 saturated carbocycles. The van der Waals surface area contributed by atoms with Crippen LogP contribution in [-0.2, 0) is 0 Å². The number of para-hydroxylation sites is 10. The summed E-state index contributed by atoms with van der Waals surface area (Å²) in [4.78, 5) is 10.4. The molecule has 0 spiro atoms. The van der Waals surface area contributed by atoms with Gasteiger partial charge in [0.05, 0.1) is 44.1 Å². The molecule has 0 fully saturated rings. The molecule has 0 aliphatic carbocycles. The Balaban J connectivity index is 1.17. The van der Waals surface area contributed by atoms with Gasteiger partial charge in [0.1, 0.15) is 17.0 Å². The summed E-state index contributed by atoms with van der Waals surface area (Å²) in [5.41, 5.74) is 9.48. The van der Waals surface area contributed by atoms with Gasteiger partial charge >= 0.3 is 0 Å². The highest BCUT2D eigenvalue weighted by atomic mass is 28.3. The van der Waals surface area contributed by atoms with Crippen LogP contribution in [0.25, 0.3) is 83.8 Å². The number of hydrogen-bond acceptors (Lipinski definition) is 4. The van der Waals surface area contributed by atoms with E-state index in [-0.39, 0.29) is 5.84 Å². The van der Waals surface area contributed by atoms with E-state index in [0.29, 0.717) is 5.78 Å². The summed E-state index contributed by atoms with van der Waals surface area (Å²) >= 11 is 0. The Morgan fingerprint density at radius 3 is 1.69 bits per heavy atom. The largest absolute Gasteiger partial charge is 0.456 e. The molecule has 0 aliphatic heterocycles. The maximum Gasteiger partial charge on any atom is 0.221 e. The number of rotatable bonds is 7. The number of allylic oxidation sites excluding steroid dienone is 3. The van der Waals surface area contributed by atoms with E-state index >= 15 is 0 Å². The first kappa shape index (κ1) is 36.2. The number of furan rings is 1. The summed E-state index contributed by atoms with van der Waals surface area (Å²) < 4.78 is 15.6. The topological polar surface area (TPSA) is 81.5 Å². The Morgan fingerprint density at radius 1 is 0.484 bits per heavy atom. The Bertz CT molecular complexity index is 4010. The molecule has 302 valence electrons. The van der Waals surface area contributed by atoms with Crippen LogP contribution in [0.15, 0.2) is 222 Å². The second kappa shape index (κ2) is 14.0. The van der Waals surface area contributed by atoms with Gasteiger partial charge in [-0.2, -0.15) is 0 Å². The van der Waals surface area contributed by atoms with E-state index in [1.807, 2.05) is 53.1 Å². The molecule has 1 N–H and O–H groups in total. The van der Waals surface area contributed by atoms with Gasteiger partial charge in [0.2, 0.25) is 11.6 Å². The van der Waals surface area contributed by atoms with Gasteiger partial charge in [-0.3, -0.25) is 23.3 Å². The number of aromatic nitrogens is 6. The summed E-state index contributed by atoms with van der Waals surface area (Å²) in [6, 6.07) is 69.7. The van der Waals surface area contributed by atoms with Crippen molar-refractivity contribution < 1.29 is 4.42 Å². The molecule has 0 atom stereocenters. The van der Waals surface area contributed by atoms with Crippen LogP contribution in [-0.4, -0.2) is 41.8 Å². The fraction of sp³-hybridized carbons (Fsp3) is 0. The number of nitrogens with one attached hydrogen (secondary N) is 1. The first-order valence-electron chi connectivity index (χ1n) is 21.4. The molecule has 5 heterocycles. The van der Waals surface area contributed by atoms with Crippen LogP contribution in [0.5, 0.6) is 0 Å². The molecule has 9 heteroatoms. The molecule has 8 nitrogen and oxygen atoms in total. The van der Waals surface area contributed by atoms with Crippen LogP contribution >= 0.6 is 0 Å². The first-order chi connectivity index (χ1) is 31.7. The molecule has 5 aromatic heterocycles. The van der Waals surface area contributed by atoms with Gasteiger partial charge < -0.3 is 4.42 Å². The fourth-order valence-electron chi connectivity index (χ4n) is 10.1. The first-order valence-corrected chi connectivity index (χ1v) is 23.4. The SMILES string of the molecule is N=C(/C=C(\C=C\n1c2ccccc2n2c3ccccc3nc12)[Si](c1ccccc1)(c1ccccc1)c1cccc2c1oc1ccccc12)n1c2ccccc2n2c3ccccc3nc12. The van der Waals surface area contributed by atoms with Crippen molar-refractivity contribution in [3.8, 4) is 0 Å². The van der Waals surface area contributed by atoms with Crippen LogP contribution in [0.1, 0.15) is 0 Å². The van der Waals surface area contributed by atoms with Crippen molar-refractivity contribution >= 4 is 113 Å². The zero-order valence-corrected chi connectivity index (χ0v) is 35.4. The molecule has 0 aliphatic rings. The number of benzene rings is 8. The van der Waals surface area contributed by atoms with E-state index in [4.69, 9.17) is 14.4 Å². The predicted octanol–water partition coefficient (Wildman–Crippen LogP) is 10.7. The third-order valence-corrected chi connectivity index (χ3v) is 17.6. The zero-order chi connectivity index (χ0) is 42.4. The molecule has 13 rings (SSSR count). The number of fused-ring (bicyclic) bond motifs is 13. The van der Waals surface area contributed by atoms with Crippen molar-refractivity contribution in [1.82, 2.24) is 27.9 Å². The lowest BCUT2D eigenvalue weighted by molar-refractivity contribution is 0.671. The van der Waals surface area contributed by atoms with Crippen LogP contribution in [0.2, 0.25) is 0 Å². The third kappa shape index (κ3) is 5.12. The van der Waals surface area contributed by atoms with Crippen molar-refractivity contribution in [2.75, 3.05) is 0 Å². The van der Waals surface area contributed by atoms with Gasteiger partial charge in [-0.15, -0.1) is 0 Å². The Morgan fingerprint density at radius 2 is 1.00 bits per heavy atom. The molecule has 8 aromatic carbocycles. The summed E-state index contributed by atoms with van der Waals surface area (Å²) in [6.07, 6.45) is 6.47. The minimum absolute atomic E-state index is 0.288. The summed E-state index contributed by atoms with van der Waals surface area (Å²) in [7, 11) is -3.46. The number of nitrogens with zero attached hydrogens (tertiary/aromatic N) is 6. The molecule has 0 bridgehead atoms. The lowest BCUT2D eigenvalue weighted by Crippen LogP contribution is -2.68. The monoisotopic (exact) mass is 839 g/mol. The van der Waals surface area contributed by atoms with E-state index in [1.54, 1.807) is 0 Å². The smallest absolute Gasteiger partial charge is 0.221 e. The second-order valence-corrected chi connectivity index (χ2v) is 20.0. The molecule has 0 unspecified atom stereocenters. The van der Waals surface area contributed by atoms with Gasteiger partial charge in [-0.05, 0) is 87.5 Å². The van der Waals surface area contributed by atoms with Crippen molar-refractivity contribution in [2.24, 2.45) is 0 Å². The van der Waals surface area contributed by atoms with E-state index in [0.717, 1.165) is 92.6 Å². The zero-order valence-electron chi connectivity index (χ0n) is 34.4. The molecule has 0 amide bonds. The van der Waals surface area contributed by atoms with Gasteiger partial charge in [-0.1, -0.05) is 146 Å². The summed E-state index contributed by atoms with van der Waals surface area (Å²) in [5, 5.41) is 16.9. The van der Waals surface area contributed by atoms with Gasteiger partial charge in [0.25, 0.3) is 0 Å². The Labute approximate surface area is 367 Å². The van der Waals surface area contributed by atoms with Gasteiger partial charge in [0.15, 0.2) is 8.07 Å². The number of hydrogen-bond donors (Lipinski definition) is 1. The van der Waals surface area contributed by atoms with Crippen molar-refractivity contribution in [1.29, 1.82) is 5.41 Å². The molecular weight excluding hydrogens is 803 g/mol. The molecule has 64 heavy (non-hydrogen) atoms. The lowest BCUT2D eigenvalue weighted by Gasteiger charge is -2.35. The number of imidazole rings is 4. The minimum atomic E-state index is -3.46. The third-order valence-electron chi connectivity index (χ3n) is 12.8. The van der Waals surface area contributed by atoms with Crippen molar-refractivity contribution in [3.63, 3.8) is 0 Å². The van der Waals surface area contributed by atoms with E-state index < -0.39 is 8.07 Å². The standard InChI is InChI=1S/C55H37N7OSi/c56-52(62-49-31-15-14-30-48(49)61-45-27-11-9-25-43(45)58-55(61)62)36-39(34-35-59-46-28-12-13-29-47(46)60-44-26-10-8-24-42(44)57-54(59)60)64(37-18-3-1-4-19-37,38-20-5-2-6-21-38)51-33-17-23-41-40-22-7-16-32-50(40)63-53(41)51/h1-36,56H/b35-34+,39-36+,56-52?. The van der Waals surface area contributed by atoms with Crippen molar-refractivity contribution in [3.05, 3.63) is 218 Å². The average Bonchev–Trinajstić information content (AvgIpc) is 4.16. The van der Waals surface area contributed by atoms with Crippen LogP contribution in [0, 0.1) is 5.41 Å². The van der Waals surface area contributed by atoms with E-state index in [9.17, 15) is 5.41 Å². The Kier molecular flexibility index (Phi) is 7.91. The highest BCUT2D eigenvalue weighted by Crippen LogP contribution is 2.33. The minimum Gasteiger partial charge on any atom is -0.456 e. The molecule has 13 aromatic rings. The predicted molar refractivity (Wildman–Crippen MR) is 264 cm³/mol. The maximum atomic E-state index is 10.4. The van der Waals surface area contributed by atoms with E-state index in [1.165, 1.54) is 0 Å². The quantitative estimate of drug-likeness (QED) is 0.0571. The average molecular weight is 840 g/mol. The molecular formula is C55H37N7OSi. The highest BCUT2D eigenvalue weighted by molar-refractivity contribution is 7.17. The second-order valence-electron chi connectivity index (χ2n) is 16.2. The summed E-state index contributed by atoms with van der Waals surface area (Å²) in [5.74, 6) is 1.78. The Hall–Kier alpha value is -8.53. The van der Waals surface area contributed by atoms with Gasteiger partial charge in [-0.25, -0.2) is 9.97 Å². The molecule has 0 radical (unpaired) electrons. The van der Waals surface area contributed by atoms with Crippen LogP contribution < -0.4 is 15.6 Å². The van der Waals surface area contributed by atoms with E-state index in [2.05, 4.69) is 183 Å². The van der Waals surface area contributed by atoms with Crippen LogP contribution in [0.3, 0.4) is 0 Å².